The van der Waals surface area contributed by atoms with Crippen molar-refractivity contribution in [3.05, 3.63) is 0 Å². The zero-order valence-corrected chi connectivity index (χ0v) is 4.66. The summed E-state index contributed by atoms with van der Waals surface area (Å²) in [5, 5.41) is 0. The van der Waals surface area contributed by atoms with E-state index >= 15 is 0 Å². The van der Waals surface area contributed by atoms with Crippen molar-refractivity contribution in [2.45, 2.75) is 0 Å². The molecule has 0 rings (SSSR count). The van der Waals surface area contributed by atoms with Gasteiger partial charge in [0.2, 0.25) is 0 Å². The third-order valence-electron chi connectivity index (χ3n) is 0.167. The summed E-state index contributed by atoms with van der Waals surface area (Å²) in [5.41, 5.74) is 9.81. The SMILES string of the molecule is NCCN.[Ru+3]. The topological polar surface area (TPSA) is 52.0 Å². The minimum atomic E-state index is 0. The van der Waals surface area contributed by atoms with E-state index in [0.717, 1.165) is 0 Å². The van der Waals surface area contributed by atoms with Gasteiger partial charge in [0, 0.05) is 13.1 Å². The van der Waals surface area contributed by atoms with Crippen molar-refractivity contribution >= 4 is 0 Å². The van der Waals surface area contributed by atoms with Gasteiger partial charge in [-0.25, -0.2) is 0 Å². The molecule has 0 fully saturated rings. The van der Waals surface area contributed by atoms with Crippen molar-refractivity contribution in [1.82, 2.24) is 0 Å². The Morgan fingerprint density at radius 1 is 1.00 bits per heavy atom. The third-order valence-corrected chi connectivity index (χ3v) is 0.167. The van der Waals surface area contributed by atoms with Gasteiger partial charge in [-0.05, 0) is 0 Å². The second-order valence-corrected chi connectivity index (χ2v) is 0.577. The van der Waals surface area contributed by atoms with Crippen LogP contribution in [0.15, 0.2) is 0 Å². The normalized spacial score (nSPS) is 6.00. The summed E-state index contributed by atoms with van der Waals surface area (Å²) in [6.07, 6.45) is 0. The fraction of sp³-hybridized carbons (Fsp3) is 1.00. The minimum Gasteiger partial charge on any atom is -0.329 e. The Balaban J connectivity index is 0. The van der Waals surface area contributed by atoms with Crippen LogP contribution in [0.4, 0.5) is 0 Å². The first-order chi connectivity index (χ1) is 1.91. The second kappa shape index (κ2) is 8.82. The van der Waals surface area contributed by atoms with Gasteiger partial charge in [-0.2, -0.15) is 0 Å². The zero-order chi connectivity index (χ0) is 3.41. The van der Waals surface area contributed by atoms with Crippen LogP contribution >= 0.6 is 0 Å². The molecular weight excluding hydrogens is 153 g/mol. The Morgan fingerprint density at radius 2 is 1.20 bits per heavy atom. The van der Waals surface area contributed by atoms with Crippen molar-refractivity contribution in [3.63, 3.8) is 0 Å². The van der Waals surface area contributed by atoms with Gasteiger partial charge in [0.05, 0.1) is 0 Å². The second-order valence-electron chi connectivity index (χ2n) is 0.577. The van der Waals surface area contributed by atoms with E-state index in [1.165, 1.54) is 0 Å². The van der Waals surface area contributed by atoms with Gasteiger partial charge < -0.3 is 11.5 Å². The van der Waals surface area contributed by atoms with Gasteiger partial charge in [-0.3, -0.25) is 0 Å². The van der Waals surface area contributed by atoms with Crippen LogP contribution in [0.2, 0.25) is 0 Å². The maximum atomic E-state index is 4.90. The summed E-state index contributed by atoms with van der Waals surface area (Å²) in [4.78, 5) is 0. The predicted molar refractivity (Wildman–Crippen MR) is 18.1 cm³/mol. The van der Waals surface area contributed by atoms with E-state index < -0.39 is 0 Å². The summed E-state index contributed by atoms with van der Waals surface area (Å²) >= 11 is 0. The first-order valence-electron chi connectivity index (χ1n) is 1.32. The molecule has 2 nitrogen and oxygen atoms in total. The molecule has 0 aromatic carbocycles. The molecule has 31 valence electrons. The summed E-state index contributed by atoms with van der Waals surface area (Å²) in [6.45, 7) is 1.19. The maximum absolute atomic E-state index is 4.90. The van der Waals surface area contributed by atoms with Crippen LogP contribution in [-0.2, 0) is 19.5 Å². The molecule has 0 aliphatic carbocycles. The fourth-order valence-electron chi connectivity index (χ4n) is 0. The van der Waals surface area contributed by atoms with E-state index in [4.69, 9.17) is 11.5 Å². The van der Waals surface area contributed by atoms with Crippen LogP contribution in [0.1, 0.15) is 0 Å². The molecule has 0 bridgehead atoms. The standard InChI is InChI=1S/C2H8N2.Ru/c3-1-2-4;/h1-4H2;/q;+3. The van der Waals surface area contributed by atoms with Crippen molar-refractivity contribution < 1.29 is 19.5 Å². The van der Waals surface area contributed by atoms with Gasteiger partial charge in [-0.1, -0.05) is 0 Å². The molecular formula is C2H8N2Ru+3. The van der Waals surface area contributed by atoms with Crippen LogP contribution in [-0.4, -0.2) is 13.1 Å². The Bertz CT molecular complexity index is 9.61. The molecule has 0 spiro atoms. The van der Waals surface area contributed by atoms with E-state index in [1.807, 2.05) is 0 Å². The van der Waals surface area contributed by atoms with Crippen LogP contribution in [0.3, 0.4) is 0 Å². The molecule has 0 aromatic heterocycles. The van der Waals surface area contributed by atoms with Crippen LogP contribution in [0.5, 0.6) is 0 Å². The van der Waals surface area contributed by atoms with Gasteiger partial charge >= 0.3 is 19.5 Å². The fourth-order valence-corrected chi connectivity index (χ4v) is 0. The summed E-state index contributed by atoms with van der Waals surface area (Å²) in [5.74, 6) is 0. The molecule has 4 N–H and O–H groups in total. The Labute approximate surface area is 44.7 Å². The van der Waals surface area contributed by atoms with E-state index in [2.05, 4.69) is 0 Å². The molecule has 0 unspecified atom stereocenters. The molecule has 0 amide bonds. The van der Waals surface area contributed by atoms with Crippen LogP contribution in [0.25, 0.3) is 0 Å². The number of hydrogen-bond acceptors (Lipinski definition) is 2. The predicted octanol–water partition coefficient (Wildman–Crippen LogP) is -1.10. The molecule has 0 aromatic rings. The molecule has 0 atom stereocenters. The van der Waals surface area contributed by atoms with Crippen LogP contribution in [0, 0.1) is 0 Å². The molecule has 0 aliphatic rings. The molecule has 0 saturated carbocycles. The summed E-state index contributed by atoms with van der Waals surface area (Å²) < 4.78 is 0. The Hall–Kier alpha value is 0.543. The van der Waals surface area contributed by atoms with Gasteiger partial charge in [0.15, 0.2) is 0 Å². The number of rotatable bonds is 1. The summed E-state index contributed by atoms with van der Waals surface area (Å²) in [6, 6.07) is 0. The van der Waals surface area contributed by atoms with E-state index in [0.29, 0.717) is 13.1 Å². The molecule has 0 heterocycles. The largest absolute Gasteiger partial charge is 3.00 e. The summed E-state index contributed by atoms with van der Waals surface area (Å²) in [7, 11) is 0. The van der Waals surface area contributed by atoms with E-state index in [-0.39, 0.29) is 19.5 Å². The van der Waals surface area contributed by atoms with Gasteiger partial charge in [-0.15, -0.1) is 0 Å². The maximum Gasteiger partial charge on any atom is 3.00 e. The van der Waals surface area contributed by atoms with Crippen molar-refractivity contribution in [3.8, 4) is 0 Å². The van der Waals surface area contributed by atoms with Gasteiger partial charge in [0.1, 0.15) is 0 Å². The molecule has 0 aliphatic heterocycles. The minimum absolute atomic E-state index is 0. The molecule has 3 heteroatoms. The van der Waals surface area contributed by atoms with Crippen molar-refractivity contribution in [1.29, 1.82) is 0 Å². The van der Waals surface area contributed by atoms with Crippen molar-refractivity contribution in [2.24, 2.45) is 11.5 Å². The monoisotopic (exact) mass is 162 g/mol. The van der Waals surface area contributed by atoms with Crippen molar-refractivity contribution in [2.75, 3.05) is 13.1 Å². The van der Waals surface area contributed by atoms with Crippen LogP contribution < -0.4 is 11.5 Å². The number of hydrogen-bond donors (Lipinski definition) is 2. The van der Waals surface area contributed by atoms with E-state index in [1.54, 1.807) is 0 Å². The smallest absolute Gasteiger partial charge is 0.329 e. The quantitative estimate of drug-likeness (QED) is 0.480. The van der Waals surface area contributed by atoms with E-state index in [9.17, 15) is 0 Å². The average Bonchev–Trinajstić information content (AvgIpc) is 1.37. The molecule has 0 saturated heterocycles. The average molecular weight is 161 g/mol. The Morgan fingerprint density at radius 3 is 1.20 bits per heavy atom. The van der Waals surface area contributed by atoms with Gasteiger partial charge in [0.25, 0.3) is 0 Å². The molecule has 1 radical (unpaired) electrons. The number of nitrogens with two attached hydrogens (primary N) is 2. The third kappa shape index (κ3) is 12.3. The molecule has 5 heavy (non-hydrogen) atoms. The Kier molecular flexibility index (Phi) is 16.1. The first-order valence-corrected chi connectivity index (χ1v) is 1.32. The first kappa shape index (κ1) is 9.11. The zero-order valence-electron chi connectivity index (χ0n) is 2.92.